The van der Waals surface area contributed by atoms with E-state index in [9.17, 15) is 9.59 Å². The molecular weight excluding hydrogens is 328 g/mol. The summed E-state index contributed by atoms with van der Waals surface area (Å²) in [5.41, 5.74) is 3.81. The summed E-state index contributed by atoms with van der Waals surface area (Å²) in [6, 6.07) is 9.26. The van der Waals surface area contributed by atoms with Gasteiger partial charge in [0.2, 0.25) is 0 Å². The second kappa shape index (κ2) is 6.40. The number of carbonyl (C=O) groups excluding carboxylic acids is 1. The highest BCUT2D eigenvalue weighted by molar-refractivity contribution is 5.95. The number of aromatic nitrogens is 1. The Morgan fingerprint density at radius 3 is 2.54 bits per heavy atom. The maximum Gasteiger partial charge on any atom is 0.256 e. The Balaban J connectivity index is 1.57. The number of H-pyrrole nitrogens is 1. The predicted octanol–water partition coefficient (Wildman–Crippen LogP) is 3.05. The summed E-state index contributed by atoms with van der Waals surface area (Å²) in [5, 5.41) is 0. The molecule has 1 aromatic carbocycles. The lowest BCUT2D eigenvalue weighted by Crippen LogP contribution is -2.53. The molecule has 5 nitrogen and oxygen atoms in total. The first-order chi connectivity index (χ1) is 12.5. The fourth-order valence-corrected chi connectivity index (χ4v) is 3.85. The summed E-state index contributed by atoms with van der Waals surface area (Å²) in [6.45, 7) is 6.16. The Bertz CT molecular complexity index is 902. The Hall–Kier alpha value is -2.40. The van der Waals surface area contributed by atoms with Gasteiger partial charge in [0.1, 0.15) is 0 Å². The van der Waals surface area contributed by atoms with Crippen molar-refractivity contribution in [3.05, 3.63) is 57.5 Å². The van der Waals surface area contributed by atoms with Gasteiger partial charge in [-0.1, -0.05) is 12.1 Å². The number of hydrogen-bond donors (Lipinski definition) is 1. The normalized spacial score (nSPS) is 18.6. The van der Waals surface area contributed by atoms with Gasteiger partial charge in [0.25, 0.3) is 11.5 Å². The van der Waals surface area contributed by atoms with Crippen LogP contribution in [0.1, 0.15) is 40.9 Å². The molecule has 1 aromatic heterocycles. The first-order valence-corrected chi connectivity index (χ1v) is 9.22. The van der Waals surface area contributed by atoms with Gasteiger partial charge >= 0.3 is 0 Å². The highest BCUT2D eigenvalue weighted by Crippen LogP contribution is 2.37. The number of piperidine rings is 1. The molecule has 2 saturated heterocycles. The number of benzene rings is 1. The first-order valence-electron chi connectivity index (χ1n) is 9.22. The monoisotopic (exact) mass is 352 g/mol. The molecule has 0 saturated carbocycles. The van der Waals surface area contributed by atoms with E-state index in [2.05, 4.69) is 4.98 Å². The van der Waals surface area contributed by atoms with Crippen LogP contribution in [0.3, 0.4) is 0 Å². The third kappa shape index (κ3) is 2.97. The summed E-state index contributed by atoms with van der Waals surface area (Å²) in [6.07, 6.45) is 2.94. The molecule has 136 valence electrons. The molecule has 2 aliphatic heterocycles. The number of rotatable bonds is 2. The summed E-state index contributed by atoms with van der Waals surface area (Å²) in [7, 11) is 0. The van der Waals surface area contributed by atoms with Crippen LogP contribution >= 0.6 is 0 Å². The smallest absolute Gasteiger partial charge is 0.256 e. The van der Waals surface area contributed by atoms with E-state index in [4.69, 9.17) is 4.74 Å². The Labute approximate surface area is 153 Å². The highest BCUT2D eigenvalue weighted by atomic mass is 16.5. The minimum Gasteiger partial charge on any atom is -0.375 e. The summed E-state index contributed by atoms with van der Waals surface area (Å²) in [4.78, 5) is 30.0. The maximum atomic E-state index is 12.9. The standard InChI is InChI=1S/C21H24N2O3/c1-14-12-18(19(24)22-15(14)2)16-4-3-5-17(13-16)20(25)23-9-6-21(7-10-23)8-11-26-21/h3-5,12-13H,6-11H2,1-2H3,(H,22,24). The molecule has 4 rings (SSSR count). The van der Waals surface area contributed by atoms with E-state index in [0.29, 0.717) is 11.1 Å². The molecule has 1 spiro atoms. The highest BCUT2D eigenvalue weighted by Gasteiger charge is 2.42. The fourth-order valence-electron chi connectivity index (χ4n) is 3.85. The number of ether oxygens (including phenoxy) is 1. The number of amides is 1. The molecule has 0 atom stereocenters. The van der Waals surface area contributed by atoms with Crippen molar-refractivity contribution in [3.63, 3.8) is 0 Å². The molecule has 1 N–H and O–H groups in total. The molecule has 0 unspecified atom stereocenters. The summed E-state index contributed by atoms with van der Waals surface area (Å²) < 4.78 is 5.73. The van der Waals surface area contributed by atoms with Gasteiger partial charge in [0.15, 0.2) is 0 Å². The quantitative estimate of drug-likeness (QED) is 0.904. The zero-order chi connectivity index (χ0) is 18.3. The lowest BCUT2D eigenvalue weighted by atomic mass is 9.84. The van der Waals surface area contributed by atoms with Crippen LogP contribution in [0.4, 0.5) is 0 Å². The number of likely N-dealkylation sites (tertiary alicyclic amines) is 1. The average molecular weight is 352 g/mol. The van der Waals surface area contributed by atoms with Crippen LogP contribution in [0.5, 0.6) is 0 Å². The van der Waals surface area contributed by atoms with E-state index in [0.717, 1.165) is 55.8 Å². The predicted molar refractivity (Wildman–Crippen MR) is 100 cm³/mol. The first kappa shape index (κ1) is 17.0. The third-order valence-electron chi connectivity index (χ3n) is 5.85. The number of aryl methyl sites for hydroxylation is 2. The Morgan fingerprint density at radius 1 is 1.15 bits per heavy atom. The molecule has 2 aliphatic rings. The van der Waals surface area contributed by atoms with E-state index < -0.39 is 0 Å². The minimum atomic E-state index is -0.125. The van der Waals surface area contributed by atoms with Gasteiger partial charge in [-0.25, -0.2) is 0 Å². The zero-order valence-electron chi connectivity index (χ0n) is 15.3. The van der Waals surface area contributed by atoms with Crippen molar-refractivity contribution in [2.45, 2.75) is 38.7 Å². The number of pyridine rings is 1. The van der Waals surface area contributed by atoms with Gasteiger partial charge in [-0.2, -0.15) is 0 Å². The summed E-state index contributed by atoms with van der Waals surface area (Å²) >= 11 is 0. The lowest BCUT2D eigenvalue weighted by molar-refractivity contribution is -0.169. The zero-order valence-corrected chi connectivity index (χ0v) is 15.3. The molecule has 2 fully saturated rings. The van der Waals surface area contributed by atoms with Gasteiger partial charge < -0.3 is 14.6 Å². The number of carbonyl (C=O) groups is 1. The molecular formula is C21H24N2O3. The molecule has 26 heavy (non-hydrogen) atoms. The van der Waals surface area contributed by atoms with Crippen molar-refractivity contribution in [1.82, 2.24) is 9.88 Å². The van der Waals surface area contributed by atoms with Gasteiger partial charge in [0, 0.05) is 29.9 Å². The van der Waals surface area contributed by atoms with Crippen LogP contribution in [0, 0.1) is 13.8 Å². The van der Waals surface area contributed by atoms with Crippen LogP contribution in [0.2, 0.25) is 0 Å². The molecule has 0 aliphatic carbocycles. The Morgan fingerprint density at radius 2 is 1.88 bits per heavy atom. The van der Waals surface area contributed by atoms with Crippen molar-refractivity contribution < 1.29 is 9.53 Å². The van der Waals surface area contributed by atoms with Crippen LogP contribution in [-0.4, -0.2) is 41.1 Å². The third-order valence-corrected chi connectivity index (χ3v) is 5.85. The van der Waals surface area contributed by atoms with Gasteiger partial charge in [0.05, 0.1) is 12.2 Å². The Kier molecular flexibility index (Phi) is 4.19. The van der Waals surface area contributed by atoms with Gasteiger partial charge in [-0.05, 0) is 62.4 Å². The fraction of sp³-hybridized carbons (Fsp3) is 0.429. The van der Waals surface area contributed by atoms with Crippen molar-refractivity contribution in [2.24, 2.45) is 0 Å². The van der Waals surface area contributed by atoms with Crippen LogP contribution in [0.25, 0.3) is 11.1 Å². The van der Waals surface area contributed by atoms with E-state index in [-0.39, 0.29) is 17.1 Å². The number of nitrogens with zero attached hydrogens (tertiary/aromatic N) is 1. The van der Waals surface area contributed by atoms with E-state index >= 15 is 0 Å². The van der Waals surface area contributed by atoms with Gasteiger partial charge in [-0.15, -0.1) is 0 Å². The van der Waals surface area contributed by atoms with Crippen molar-refractivity contribution in [2.75, 3.05) is 19.7 Å². The summed E-state index contributed by atoms with van der Waals surface area (Å²) in [5.74, 6) is 0.0290. The second-order valence-electron chi connectivity index (χ2n) is 7.47. The number of aromatic amines is 1. The number of nitrogens with one attached hydrogen (secondary N) is 1. The molecule has 3 heterocycles. The molecule has 1 amide bonds. The molecule has 5 heteroatoms. The SMILES string of the molecule is Cc1cc(-c2cccc(C(=O)N3CCC4(CCO4)CC3)c2)c(=O)[nH]c1C. The van der Waals surface area contributed by atoms with Crippen molar-refractivity contribution >= 4 is 5.91 Å². The average Bonchev–Trinajstić information content (AvgIpc) is 2.63. The minimum absolute atomic E-state index is 0.0290. The molecule has 2 aromatic rings. The van der Waals surface area contributed by atoms with E-state index in [1.54, 1.807) is 0 Å². The number of hydrogen-bond acceptors (Lipinski definition) is 3. The van der Waals surface area contributed by atoms with Crippen molar-refractivity contribution in [3.8, 4) is 11.1 Å². The topological polar surface area (TPSA) is 62.4 Å². The lowest BCUT2D eigenvalue weighted by Gasteiger charge is -2.47. The van der Waals surface area contributed by atoms with Crippen LogP contribution in [-0.2, 0) is 4.74 Å². The molecule has 0 radical (unpaired) electrons. The van der Waals surface area contributed by atoms with Crippen molar-refractivity contribution in [1.29, 1.82) is 0 Å². The van der Waals surface area contributed by atoms with E-state index in [1.165, 1.54) is 0 Å². The second-order valence-corrected chi connectivity index (χ2v) is 7.47. The van der Waals surface area contributed by atoms with E-state index in [1.807, 2.05) is 49.1 Å². The largest absolute Gasteiger partial charge is 0.375 e. The van der Waals surface area contributed by atoms with Gasteiger partial charge in [-0.3, -0.25) is 9.59 Å². The van der Waals surface area contributed by atoms with Crippen LogP contribution < -0.4 is 5.56 Å². The van der Waals surface area contributed by atoms with Crippen LogP contribution in [0.15, 0.2) is 35.1 Å². The maximum absolute atomic E-state index is 12.9. The molecule has 0 bridgehead atoms.